The van der Waals surface area contributed by atoms with Crippen LogP contribution in [0.3, 0.4) is 0 Å². The summed E-state index contributed by atoms with van der Waals surface area (Å²) in [7, 11) is 0. The van der Waals surface area contributed by atoms with Crippen molar-refractivity contribution in [2.75, 3.05) is 0 Å². The number of rotatable bonds is 7. The second-order valence-electron chi connectivity index (χ2n) is 6.27. The normalized spacial score (nSPS) is 12.0. The molecule has 1 N–H and O–H groups in total. The molecular weight excluding hydrogens is 388 g/mol. The van der Waals surface area contributed by atoms with E-state index >= 15 is 0 Å². The summed E-state index contributed by atoms with van der Waals surface area (Å²) in [5, 5.41) is 11.2. The van der Waals surface area contributed by atoms with Gasteiger partial charge in [0.25, 0.3) is 5.01 Å². The lowest BCUT2D eigenvalue weighted by molar-refractivity contribution is -0.667. The van der Waals surface area contributed by atoms with Crippen LogP contribution in [-0.4, -0.2) is 16.1 Å². The fraction of sp³-hybridized carbons (Fsp3) is 0.136. The Morgan fingerprint density at radius 2 is 1.82 bits per heavy atom. The molecule has 0 saturated heterocycles. The first-order chi connectivity index (χ1) is 13.7. The summed E-state index contributed by atoms with van der Waals surface area (Å²) >= 11 is 3.39. The monoisotopic (exact) mass is 407 g/mol. The van der Waals surface area contributed by atoms with Gasteiger partial charge in [-0.2, -0.15) is 4.57 Å². The van der Waals surface area contributed by atoms with Crippen molar-refractivity contribution in [3.05, 3.63) is 76.8 Å². The molecule has 0 unspecified atom stereocenters. The van der Waals surface area contributed by atoms with E-state index in [0.717, 1.165) is 32.2 Å². The van der Waals surface area contributed by atoms with Gasteiger partial charge < -0.3 is 5.11 Å². The lowest BCUT2D eigenvalue weighted by Gasteiger charge is -1.94. The zero-order valence-corrected chi connectivity index (χ0v) is 16.7. The maximum absolute atomic E-state index is 11.0. The molecule has 4 aromatic rings. The van der Waals surface area contributed by atoms with Crippen LogP contribution in [0.25, 0.3) is 26.5 Å². The number of hydrogen-bond acceptors (Lipinski definition) is 4. The molecule has 0 aliphatic rings. The Labute approximate surface area is 170 Å². The first-order valence-electron chi connectivity index (χ1n) is 9.01. The average molecular weight is 408 g/mol. The molecule has 0 aliphatic heterocycles. The summed E-state index contributed by atoms with van der Waals surface area (Å²) in [6.45, 7) is 0.467. The molecule has 0 atom stereocenters. The number of aryl methyl sites for hydroxylation is 1. The Kier molecular flexibility index (Phi) is 5.60. The maximum atomic E-state index is 11.0. The molecule has 2 aromatic heterocycles. The van der Waals surface area contributed by atoms with Crippen LogP contribution in [0.15, 0.2) is 66.8 Å². The smallest absolute Gasteiger partial charge is 0.309 e. The number of carbonyl (C=O) groups is 1. The number of aliphatic carboxylic acids is 1. The number of thiazole rings is 2. The Bertz CT molecular complexity index is 1150. The van der Waals surface area contributed by atoms with Gasteiger partial charge in [0.2, 0.25) is 5.52 Å². The van der Waals surface area contributed by atoms with Crippen molar-refractivity contribution in [2.24, 2.45) is 0 Å². The zero-order valence-electron chi connectivity index (χ0n) is 15.1. The van der Waals surface area contributed by atoms with Crippen LogP contribution in [-0.2, 0) is 17.8 Å². The van der Waals surface area contributed by atoms with Gasteiger partial charge >= 0.3 is 5.97 Å². The van der Waals surface area contributed by atoms with Crippen molar-refractivity contribution >= 4 is 55.2 Å². The largest absolute Gasteiger partial charge is 0.481 e. The molecular formula is C22H19N2O2S2+. The van der Waals surface area contributed by atoms with Crippen LogP contribution in [0.4, 0.5) is 0 Å². The fourth-order valence-electron chi connectivity index (χ4n) is 3.01. The topological polar surface area (TPSA) is 54.1 Å². The molecule has 6 heteroatoms. The first kappa shape index (κ1) is 18.5. The maximum Gasteiger partial charge on any atom is 0.309 e. The highest BCUT2D eigenvalue weighted by molar-refractivity contribution is 7.19. The summed E-state index contributed by atoms with van der Waals surface area (Å²) < 4.78 is 4.45. The number of carboxylic acids is 1. The molecule has 4 nitrogen and oxygen atoms in total. The number of allylic oxidation sites excluding steroid dienone is 3. The van der Waals surface area contributed by atoms with E-state index in [1.165, 1.54) is 4.70 Å². The van der Waals surface area contributed by atoms with Gasteiger partial charge in [-0.25, -0.2) is 4.98 Å². The van der Waals surface area contributed by atoms with E-state index in [2.05, 4.69) is 27.8 Å². The minimum atomic E-state index is -0.784. The number of nitrogens with zero attached hydrogens (tertiary/aromatic N) is 2. The third-order valence-corrected chi connectivity index (χ3v) is 6.49. The Morgan fingerprint density at radius 1 is 1.04 bits per heavy atom. The third kappa shape index (κ3) is 4.18. The molecule has 0 fully saturated rings. The highest BCUT2D eigenvalue weighted by Gasteiger charge is 2.18. The van der Waals surface area contributed by atoms with Gasteiger partial charge in [0, 0.05) is 18.6 Å². The van der Waals surface area contributed by atoms with Crippen molar-refractivity contribution in [1.82, 2.24) is 4.98 Å². The van der Waals surface area contributed by atoms with E-state index in [4.69, 9.17) is 5.11 Å². The van der Waals surface area contributed by atoms with Crippen molar-refractivity contribution < 1.29 is 14.5 Å². The van der Waals surface area contributed by atoms with E-state index in [0.29, 0.717) is 6.54 Å². The summed E-state index contributed by atoms with van der Waals surface area (Å²) in [5.41, 5.74) is 2.13. The molecule has 0 radical (unpaired) electrons. The average Bonchev–Trinajstić information content (AvgIpc) is 3.26. The predicted octanol–water partition coefficient (Wildman–Crippen LogP) is 5.09. The van der Waals surface area contributed by atoms with E-state index in [1.807, 2.05) is 54.6 Å². The van der Waals surface area contributed by atoms with Crippen LogP contribution in [0.1, 0.15) is 16.4 Å². The second-order valence-corrected chi connectivity index (χ2v) is 8.45. The van der Waals surface area contributed by atoms with E-state index in [-0.39, 0.29) is 6.42 Å². The Hall–Kier alpha value is -2.83. The van der Waals surface area contributed by atoms with Gasteiger partial charge in [-0.3, -0.25) is 4.79 Å². The van der Waals surface area contributed by atoms with Crippen molar-refractivity contribution in [1.29, 1.82) is 0 Å². The van der Waals surface area contributed by atoms with Crippen molar-refractivity contribution in [3.63, 3.8) is 0 Å². The second kappa shape index (κ2) is 8.46. The third-order valence-electron chi connectivity index (χ3n) is 4.30. The summed E-state index contributed by atoms with van der Waals surface area (Å²) in [5.74, 6) is -0.784. The van der Waals surface area contributed by atoms with E-state index < -0.39 is 5.97 Å². The summed E-state index contributed by atoms with van der Waals surface area (Å²) in [4.78, 5) is 15.6. The Morgan fingerprint density at radius 3 is 2.64 bits per heavy atom. The minimum absolute atomic E-state index is 0.111. The van der Waals surface area contributed by atoms with Gasteiger partial charge in [-0.15, -0.1) is 11.3 Å². The molecule has 0 spiro atoms. The standard InChI is InChI=1S/C22H18N2O2S2/c25-22(26)14-15-24-17-9-5-7-11-19(17)28-21(24)13-3-1-2-12-20-23-16-8-4-6-10-18(16)27-20/h1-11,13H,12,14-15H2/p+1. The van der Waals surface area contributed by atoms with E-state index in [1.54, 1.807) is 22.7 Å². The number of hydrogen-bond donors (Lipinski definition) is 1. The fourth-order valence-corrected chi connectivity index (χ4v) is 5.05. The van der Waals surface area contributed by atoms with Crippen molar-refractivity contribution in [2.45, 2.75) is 19.4 Å². The molecule has 4 rings (SSSR count). The van der Waals surface area contributed by atoms with Gasteiger partial charge in [-0.05, 0) is 18.2 Å². The quantitative estimate of drug-likeness (QED) is 0.343. The lowest BCUT2D eigenvalue weighted by atomic mass is 10.3. The molecule has 0 aliphatic carbocycles. The highest BCUT2D eigenvalue weighted by atomic mass is 32.1. The van der Waals surface area contributed by atoms with Gasteiger partial charge in [0.15, 0.2) is 6.54 Å². The number of fused-ring (bicyclic) bond motifs is 2. The van der Waals surface area contributed by atoms with Crippen LogP contribution in [0.5, 0.6) is 0 Å². The van der Waals surface area contributed by atoms with E-state index in [9.17, 15) is 4.79 Å². The predicted molar refractivity (Wildman–Crippen MR) is 116 cm³/mol. The molecule has 2 heterocycles. The minimum Gasteiger partial charge on any atom is -0.481 e. The molecule has 140 valence electrons. The molecule has 0 bridgehead atoms. The van der Waals surface area contributed by atoms with Crippen molar-refractivity contribution in [3.8, 4) is 0 Å². The number of carboxylic acid groups (broad SMARTS) is 1. The summed E-state index contributed by atoms with van der Waals surface area (Å²) in [6, 6.07) is 16.3. The van der Waals surface area contributed by atoms with Crippen LogP contribution in [0, 0.1) is 0 Å². The summed E-state index contributed by atoms with van der Waals surface area (Å²) in [6.07, 6.45) is 9.09. The van der Waals surface area contributed by atoms with Gasteiger partial charge in [0.05, 0.1) is 15.2 Å². The molecule has 2 aromatic carbocycles. The van der Waals surface area contributed by atoms with Gasteiger partial charge in [0.1, 0.15) is 11.1 Å². The first-order valence-corrected chi connectivity index (χ1v) is 10.6. The zero-order chi connectivity index (χ0) is 19.3. The Balaban J connectivity index is 1.48. The highest BCUT2D eigenvalue weighted by Crippen LogP contribution is 2.23. The molecule has 0 saturated carbocycles. The van der Waals surface area contributed by atoms with Gasteiger partial charge in [-0.1, -0.05) is 53.8 Å². The lowest BCUT2D eigenvalue weighted by Crippen LogP contribution is -2.36. The SMILES string of the molecule is O=C(O)CC[n+]1c(C=CC=CCc2nc3ccccc3s2)sc2ccccc21. The van der Waals surface area contributed by atoms with Crippen LogP contribution >= 0.6 is 22.7 Å². The number of benzene rings is 2. The van der Waals surface area contributed by atoms with Crippen LogP contribution in [0.2, 0.25) is 0 Å². The molecule has 0 amide bonds. The number of para-hydroxylation sites is 2. The number of aromatic nitrogens is 2. The van der Waals surface area contributed by atoms with Crippen LogP contribution < -0.4 is 4.57 Å². The molecule has 28 heavy (non-hydrogen) atoms.